The second kappa shape index (κ2) is 5.04. The molecule has 0 saturated heterocycles. The first kappa shape index (κ1) is 11.7. The molecule has 0 unspecified atom stereocenters. The number of nitrogens with one attached hydrogen (secondary N) is 1. The van der Waals surface area contributed by atoms with Gasteiger partial charge in [-0.25, -0.2) is 0 Å². The van der Waals surface area contributed by atoms with Crippen LogP contribution in [0.25, 0.3) is 0 Å². The van der Waals surface area contributed by atoms with Crippen molar-refractivity contribution < 1.29 is 9.72 Å². The van der Waals surface area contributed by atoms with Gasteiger partial charge >= 0.3 is 5.69 Å². The third-order valence-electron chi connectivity index (χ3n) is 2.10. The summed E-state index contributed by atoms with van der Waals surface area (Å²) in [6.07, 6.45) is 5.40. The quantitative estimate of drug-likeness (QED) is 0.636. The van der Waals surface area contributed by atoms with E-state index in [1.807, 2.05) is 0 Å². The largest absolute Gasteiger partial charge is 0.324 e. The SMILES string of the molecule is O=C(Cn1cc([N+](=O)[O-])cn1)Nc1ccncc1. The molecule has 2 aromatic rings. The lowest BCUT2D eigenvalue weighted by molar-refractivity contribution is -0.385. The van der Waals surface area contributed by atoms with Crippen molar-refractivity contribution in [1.82, 2.24) is 14.8 Å². The molecule has 0 aliphatic carbocycles. The summed E-state index contributed by atoms with van der Waals surface area (Å²) in [5.74, 6) is -0.320. The fraction of sp³-hybridized carbons (Fsp3) is 0.100. The van der Waals surface area contributed by atoms with Gasteiger partial charge in [-0.3, -0.25) is 24.6 Å². The molecule has 0 aliphatic rings. The van der Waals surface area contributed by atoms with E-state index in [1.165, 1.54) is 10.9 Å². The van der Waals surface area contributed by atoms with Gasteiger partial charge in [-0.1, -0.05) is 0 Å². The predicted molar refractivity (Wildman–Crippen MR) is 61.7 cm³/mol. The van der Waals surface area contributed by atoms with Crippen LogP contribution in [-0.2, 0) is 11.3 Å². The van der Waals surface area contributed by atoms with Crippen LogP contribution in [0.2, 0.25) is 0 Å². The van der Waals surface area contributed by atoms with Crippen molar-refractivity contribution in [2.45, 2.75) is 6.54 Å². The van der Waals surface area contributed by atoms with Gasteiger partial charge in [0.25, 0.3) is 0 Å². The summed E-state index contributed by atoms with van der Waals surface area (Å²) in [7, 11) is 0. The summed E-state index contributed by atoms with van der Waals surface area (Å²) < 4.78 is 1.20. The Balaban J connectivity index is 1.97. The zero-order valence-electron chi connectivity index (χ0n) is 9.18. The maximum atomic E-state index is 11.6. The van der Waals surface area contributed by atoms with Crippen LogP contribution in [0.1, 0.15) is 0 Å². The molecule has 92 valence electrons. The van der Waals surface area contributed by atoms with Crippen LogP contribution in [0.15, 0.2) is 36.9 Å². The zero-order valence-corrected chi connectivity index (χ0v) is 9.18. The molecule has 8 nitrogen and oxygen atoms in total. The minimum atomic E-state index is -0.565. The molecular weight excluding hydrogens is 238 g/mol. The highest BCUT2D eigenvalue weighted by Gasteiger charge is 2.11. The Morgan fingerprint density at radius 1 is 1.44 bits per heavy atom. The van der Waals surface area contributed by atoms with E-state index in [2.05, 4.69) is 15.4 Å². The van der Waals surface area contributed by atoms with E-state index in [4.69, 9.17) is 0 Å². The molecule has 2 aromatic heterocycles. The third kappa shape index (κ3) is 2.88. The van der Waals surface area contributed by atoms with E-state index in [9.17, 15) is 14.9 Å². The zero-order chi connectivity index (χ0) is 13.0. The number of nitro groups is 1. The minimum Gasteiger partial charge on any atom is -0.324 e. The van der Waals surface area contributed by atoms with E-state index < -0.39 is 4.92 Å². The van der Waals surface area contributed by atoms with Gasteiger partial charge in [0.05, 0.1) is 4.92 Å². The number of rotatable bonds is 4. The molecular formula is C10H9N5O3. The minimum absolute atomic E-state index is 0.0871. The lowest BCUT2D eigenvalue weighted by atomic mass is 10.4. The maximum Gasteiger partial charge on any atom is 0.307 e. The van der Waals surface area contributed by atoms with Crippen molar-refractivity contribution in [3.8, 4) is 0 Å². The molecule has 0 saturated carbocycles. The first-order chi connectivity index (χ1) is 8.65. The Bertz CT molecular complexity index is 566. The molecule has 2 rings (SSSR count). The first-order valence-electron chi connectivity index (χ1n) is 5.02. The summed E-state index contributed by atoms with van der Waals surface area (Å²) in [5.41, 5.74) is 0.461. The molecule has 0 spiro atoms. The van der Waals surface area contributed by atoms with E-state index in [-0.39, 0.29) is 18.1 Å². The number of hydrogen-bond acceptors (Lipinski definition) is 5. The molecule has 1 N–H and O–H groups in total. The first-order valence-corrected chi connectivity index (χ1v) is 5.02. The van der Waals surface area contributed by atoms with Crippen LogP contribution < -0.4 is 5.32 Å². The molecule has 2 heterocycles. The molecule has 0 aromatic carbocycles. The lowest BCUT2D eigenvalue weighted by Crippen LogP contribution is -2.18. The number of nitrogens with zero attached hydrogens (tertiary/aromatic N) is 4. The third-order valence-corrected chi connectivity index (χ3v) is 2.10. The highest BCUT2D eigenvalue weighted by molar-refractivity contribution is 5.90. The fourth-order valence-corrected chi connectivity index (χ4v) is 1.32. The Labute approximate surface area is 101 Å². The smallest absolute Gasteiger partial charge is 0.307 e. The van der Waals surface area contributed by atoms with Crippen LogP contribution >= 0.6 is 0 Å². The van der Waals surface area contributed by atoms with Gasteiger partial charge in [0, 0.05) is 18.1 Å². The molecule has 1 amide bonds. The Morgan fingerprint density at radius 3 is 2.78 bits per heavy atom. The van der Waals surface area contributed by atoms with Gasteiger partial charge in [-0.05, 0) is 12.1 Å². The van der Waals surface area contributed by atoms with Crippen LogP contribution in [0.5, 0.6) is 0 Å². The number of hydrogen-bond donors (Lipinski definition) is 1. The highest BCUT2D eigenvalue weighted by atomic mass is 16.6. The van der Waals surface area contributed by atoms with Crippen molar-refractivity contribution in [3.05, 3.63) is 47.0 Å². The monoisotopic (exact) mass is 247 g/mol. The van der Waals surface area contributed by atoms with Crippen LogP contribution in [0.4, 0.5) is 11.4 Å². The Morgan fingerprint density at radius 2 is 2.17 bits per heavy atom. The van der Waals surface area contributed by atoms with E-state index in [1.54, 1.807) is 24.5 Å². The summed E-state index contributed by atoms with van der Waals surface area (Å²) in [5, 5.41) is 16.8. The van der Waals surface area contributed by atoms with Crippen molar-refractivity contribution in [1.29, 1.82) is 0 Å². The second-order valence-electron chi connectivity index (χ2n) is 3.44. The number of carbonyl (C=O) groups is 1. The predicted octanol–water partition coefficient (Wildman–Crippen LogP) is 0.825. The molecule has 18 heavy (non-hydrogen) atoms. The van der Waals surface area contributed by atoms with Gasteiger partial charge < -0.3 is 5.32 Å². The van der Waals surface area contributed by atoms with Gasteiger partial charge in [0.1, 0.15) is 18.9 Å². The van der Waals surface area contributed by atoms with Crippen molar-refractivity contribution in [2.75, 3.05) is 5.32 Å². The number of carbonyl (C=O) groups excluding carboxylic acids is 1. The van der Waals surface area contributed by atoms with Crippen LogP contribution in [0, 0.1) is 10.1 Å². The molecule has 0 radical (unpaired) electrons. The Hall–Kier alpha value is -2.77. The molecule has 0 aliphatic heterocycles. The molecule has 0 atom stereocenters. The lowest BCUT2D eigenvalue weighted by Gasteiger charge is -2.03. The van der Waals surface area contributed by atoms with E-state index >= 15 is 0 Å². The van der Waals surface area contributed by atoms with E-state index in [0.29, 0.717) is 5.69 Å². The second-order valence-corrected chi connectivity index (χ2v) is 3.44. The summed E-state index contributed by atoms with van der Waals surface area (Å²) in [6, 6.07) is 3.28. The van der Waals surface area contributed by atoms with Crippen LogP contribution in [-0.4, -0.2) is 25.6 Å². The standard InChI is InChI=1S/C10H9N5O3/c16-10(13-8-1-3-11-4-2-8)7-14-6-9(5-12-14)15(17)18/h1-6H,7H2,(H,11,13,16). The van der Waals surface area contributed by atoms with Crippen molar-refractivity contribution in [3.63, 3.8) is 0 Å². The van der Waals surface area contributed by atoms with Crippen molar-refractivity contribution in [2.24, 2.45) is 0 Å². The molecule has 0 bridgehead atoms. The topological polar surface area (TPSA) is 103 Å². The number of amides is 1. The molecule has 8 heteroatoms. The van der Waals surface area contributed by atoms with Crippen molar-refractivity contribution >= 4 is 17.3 Å². The number of anilines is 1. The average molecular weight is 247 g/mol. The normalized spacial score (nSPS) is 10.0. The highest BCUT2D eigenvalue weighted by Crippen LogP contribution is 2.08. The summed E-state index contributed by atoms with van der Waals surface area (Å²) in [6.45, 7) is -0.0871. The number of pyridine rings is 1. The fourth-order valence-electron chi connectivity index (χ4n) is 1.32. The van der Waals surface area contributed by atoms with Gasteiger partial charge in [0.15, 0.2) is 0 Å². The van der Waals surface area contributed by atoms with Gasteiger partial charge in [-0.2, -0.15) is 5.10 Å². The van der Waals surface area contributed by atoms with Gasteiger partial charge in [-0.15, -0.1) is 0 Å². The summed E-state index contributed by atoms with van der Waals surface area (Å²) >= 11 is 0. The van der Waals surface area contributed by atoms with E-state index in [0.717, 1.165) is 6.20 Å². The molecule has 0 fully saturated rings. The average Bonchev–Trinajstić information content (AvgIpc) is 2.78. The Kier molecular flexibility index (Phi) is 3.28. The van der Waals surface area contributed by atoms with Crippen LogP contribution in [0.3, 0.4) is 0 Å². The number of aromatic nitrogens is 3. The summed E-state index contributed by atoms with van der Waals surface area (Å²) in [4.78, 5) is 25.3. The van der Waals surface area contributed by atoms with Gasteiger partial charge in [0.2, 0.25) is 5.91 Å². The maximum absolute atomic E-state index is 11.6.